The molecule has 0 bridgehead atoms. The van der Waals surface area contributed by atoms with Crippen LogP contribution in [0.1, 0.15) is 90.4 Å². The highest BCUT2D eigenvalue weighted by molar-refractivity contribution is 5.78. The van der Waals surface area contributed by atoms with Gasteiger partial charge in [-0.1, -0.05) is 63.3 Å². The van der Waals surface area contributed by atoms with Gasteiger partial charge in [0.1, 0.15) is 5.78 Å². The molecule has 0 saturated heterocycles. The van der Waals surface area contributed by atoms with Gasteiger partial charge in [-0.05, 0) is 38.5 Å². The van der Waals surface area contributed by atoms with E-state index in [9.17, 15) is 9.59 Å². The van der Waals surface area contributed by atoms with Crippen LogP contribution in [0.15, 0.2) is 24.3 Å². The average Bonchev–Trinajstić information content (AvgIpc) is 2.58. The normalized spacial score (nSPS) is 11.4. The molecule has 0 aliphatic heterocycles. The topological polar surface area (TPSA) is 43.4 Å². The molecule has 0 rings (SSSR count). The van der Waals surface area contributed by atoms with Crippen molar-refractivity contribution < 1.29 is 14.3 Å². The second-order valence-corrected chi connectivity index (χ2v) is 6.24. The molecule has 138 valence electrons. The van der Waals surface area contributed by atoms with E-state index in [-0.39, 0.29) is 12.4 Å². The number of ether oxygens (including phenoxy) is 1. The summed E-state index contributed by atoms with van der Waals surface area (Å²) in [6.07, 6.45) is 23.2. The lowest BCUT2D eigenvalue weighted by Crippen LogP contribution is -2.03. The van der Waals surface area contributed by atoms with Crippen molar-refractivity contribution in [2.24, 2.45) is 0 Å². The number of carbonyl (C=O) groups excluding carboxylic acids is 2. The summed E-state index contributed by atoms with van der Waals surface area (Å²) in [5.41, 5.74) is 0. The summed E-state index contributed by atoms with van der Waals surface area (Å²) >= 11 is 0. The fourth-order valence-electron chi connectivity index (χ4n) is 2.48. The van der Waals surface area contributed by atoms with Crippen molar-refractivity contribution in [3.05, 3.63) is 24.3 Å². The number of ketones is 1. The molecule has 24 heavy (non-hydrogen) atoms. The van der Waals surface area contributed by atoms with E-state index < -0.39 is 0 Å². The van der Waals surface area contributed by atoms with Crippen molar-refractivity contribution in [3.63, 3.8) is 0 Å². The maximum Gasteiger partial charge on any atom is 0.293 e. The molecule has 0 N–H and O–H groups in total. The first-order chi connectivity index (χ1) is 11.8. The van der Waals surface area contributed by atoms with Crippen LogP contribution in [0.5, 0.6) is 0 Å². The largest absolute Gasteiger partial charge is 0.467 e. The van der Waals surface area contributed by atoms with Gasteiger partial charge < -0.3 is 4.74 Å². The zero-order valence-corrected chi connectivity index (χ0v) is 15.5. The number of unbranched alkanes of at least 4 members (excludes halogenated alkanes) is 8. The van der Waals surface area contributed by atoms with E-state index in [0.29, 0.717) is 19.3 Å². The molecule has 0 aromatic heterocycles. The minimum Gasteiger partial charge on any atom is -0.467 e. The van der Waals surface area contributed by atoms with Gasteiger partial charge in [0.2, 0.25) is 0 Å². The van der Waals surface area contributed by atoms with Gasteiger partial charge in [-0.25, -0.2) is 0 Å². The van der Waals surface area contributed by atoms with Gasteiger partial charge in [0.25, 0.3) is 6.47 Å². The lowest BCUT2D eigenvalue weighted by molar-refractivity contribution is -0.130. The fraction of sp³-hybridized carbons (Fsp3) is 0.714. The summed E-state index contributed by atoms with van der Waals surface area (Å²) in [5.74, 6) is 0.197. The molecule has 0 fully saturated rings. The molecule has 0 aliphatic carbocycles. The molecule has 0 radical (unpaired) electrons. The average molecular weight is 337 g/mol. The van der Waals surface area contributed by atoms with E-state index in [2.05, 4.69) is 36.0 Å². The van der Waals surface area contributed by atoms with Crippen LogP contribution in [0, 0.1) is 0 Å². The fourth-order valence-corrected chi connectivity index (χ4v) is 2.48. The number of carbonyl (C=O) groups is 2. The highest BCUT2D eigenvalue weighted by atomic mass is 16.5. The van der Waals surface area contributed by atoms with Gasteiger partial charge in [-0.15, -0.1) is 0 Å². The van der Waals surface area contributed by atoms with Crippen LogP contribution >= 0.6 is 0 Å². The molecule has 0 aromatic carbocycles. The van der Waals surface area contributed by atoms with E-state index in [0.717, 1.165) is 25.7 Å². The predicted molar refractivity (Wildman–Crippen MR) is 101 cm³/mol. The Morgan fingerprint density at radius 1 is 0.792 bits per heavy atom. The quantitative estimate of drug-likeness (QED) is 0.177. The number of rotatable bonds is 18. The number of allylic oxidation sites excluding steroid dienone is 4. The van der Waals surface area contributed by atoms with Crippen molar-refractivity contribution >= 4 is 12.3 Å². The van der Waals surface area contributed by atoms with E-state index in [1.54, 1.807) is 0 Å². The second kappa shape index (κ2) is 19.7. The third kappa shape index (κ3) is 18.7. The highest BCUT2D eigenvalue weighted by Gasteiger charge is 2.01. The molecule has 0 unspecified atom stereocenters. The Bertz CT molecular complexity index is 345. The van der Waals surface area contributed by atoms with Crippen LogP contribution in [0.4, 0.5) is 0 Å². The van der Waals surface area contributed by atoms with E-state index >= 15 is 0 Å². The Balaban J connectivity index is 3.25. The SMILES string of the molecule is CCCCC/C=C\C/C=C\CCCCCCCC(=O)CCOC=O. The molecular formula is C21H36O3. The first-order valence-corrected chi connectivity index (χ1v) is 9.68. The van der Waals surface area contributed by atoms with E-state index in [1.807, 2.05) is 0 Å². The number of Topliss-reactive ketones (excluding diaryl/α,β-unsaturated/α-hetero) is 1. The van der Waals surface area contributed by atoms with Crippen LogP contribution in [-0.4, -0.2) is 18.9 Å². The van der Waals surface area contributed by atoms with Crippen LogP contribution in [0.2, 0.25) is 0 Å². The van der Waals surface area contributed by atoms with Crippen LogP contribution in [0.3, 0.4) is 0 Å². The summed E-state index contributed by atoms with van der Waals surface area (Å²) in [6.45, 7) is 2.85. The number of hydrogen-bond acceptors (Lipinski definition) is 3. The van der Waals surface area contributed by atoms with Gasteiger partial charge in [0.05, 0.1) is 6.61 Å². The molecule has 3 nitrogen and oxygen atoms in total. The second-order valence-electron chi connectivity index (χ2n) is 6.24. The minimum atomic E-state index is 0.197. The molecule has 3 heteroatoms. The molecule has 0 saturated carbocycles. The Morgan fingerprint density at radius 2 is 1.42 bits per heavy atom. The monoisotopic (exact) mass is 336 g/mol. The number of hydrogen-bond donors (Lipinski definition) is 0. The lowest BCUT2D eigenvalue weighted by atomic mass is 10.1. The molecule has 0 aliphatic rings. The van der Waals surface area contributed by atoms with Gasteiger partial charge in [0, 0.05) is 12.8 Å². The summed E-state index contributed by atoms with van der Waals surface area (Å²) in [7, 11) is 0. The van der Waals surface area contributed by atoms with Gasteiger partial charge >= 0.3 is 0 Å². The minimum absolute atomic E-state index is 0.197. The summed E-state index contributed by atoms with van der Waals surface area (Å²) in [4.78, 5) is 21.4. The Labute approximate surface area is 148 Å². The van der Waals surface area contributed by atoms with Crippen LogP contribution in [0.25, 0.3) is 0 Å². The molecule has 0 spiro atoms. The zero-order valence-electron chi connectivity index (χ0n) is 15.5. The van der Waals surface area contributed by atoms with Crippen molar-refractivity contribution in [2.45, 2.75) is 90.4 Å². The Kier molecular flexibility index (Phi) is 18.5. The predicted octanol–water partition coefficient (Wildman–Crippen LogP) is 5.93. The van der Waals surface area contributed by atoms with Gasteiger partial charge in [-0.2, -0.15) is 0 Å². The lowest BCUT2D eigenvalue weighted by Gasteiger charge is -2.01. The molecule has 0 heterocycles. The molecule has 0 atom stereocenters. The first-order valence-electron chi connectivity index (χ1n) is 9.68. The summed E-state index contributed by atoms with van der Waals surface area (Å²) in [5, 5.41) is 0. The molecule has 0 amide bonds. The summed E-state index contributed by atoms with van der Waals surface area (Å²) < 4.78 is 4.52. The smallest absolute Gasteiger partial charge is 0.293 e. The first kappa shape index (κ1) is 22.6. The van der Waals surface area contributed by atoms with Gasteiger partial charge in [0.15, 0.2) is 0 Å². The third-order valence-electron chi connectivity index (χ3n) is 3.97. The Hall–Kier alpha value is -1.38. The van der Waals surface area contributed by atoms with Crippen LogP contribution in [-0.2, 0) is 14.3 Å². The highest BCUT2D eigenvalue weighted by Crippen LogP contribution is 2.09. The van der Waals surface area contributed by atoms with Crippen molar-refractivity contribution in [3.8, 4) is 0 Å². The Morgan fingerprint density at radius 3 is 2.08 bits per heavy atom. The zero-order chi connectivity index (χ0) is 17.7. The van der Waals surface area contributed by atoms with E-state index in [1.165, 1.54) is 44.9 Å². The molecular weight excluding hydrogens is 300 g/mol. The van der Waals surface area contributed by atoms with Crippen LogP contribution < -0.4 is 0 Å². The van der Waals surface area contributed by atoms with E-state index in [4.69, 9.17) is 0 Å². The summed E-state index contributed by atoms with van der Waals surface area (Å²) in [6, 6.07) is 0. The molecule has 0 aromatic rings. The maximum absolute atomic E-state index is 11.4. The van der Waals surface area contributed by atoms with Crippen molar-refractivity contribution in [2.75, 3.05) is 6.61 Å². The third-order valence-corrected chi connectivity index (χ3v) is 3.97. The van der Waals surface area contributed by atoms with Crippen molar-refractivity contribution in [1.29, 1.82) is 0 Å². The standard InChI is InChI=1S/C21H36O3/c1-2-3-4-5-6-7-8-9-10-11-12-13-14-15-16-17-21(23)18-19-24-20-22/h6-7,9-10,20H,2-5,8,11-19H2,1H3/b7-6-,10-9-. The maximum atomic E-state index is 11.4. The van der Waals surface area contributed by atoms with Crippen molar-refractivity contribution in [1.82, 2.24) is 0 Å². The van der Waals surface area contributed by atoms with Gasteiger partial charge in [-0.3, -0.25) is 9.59 Å².